The van der Waals surface area contributed by atoms with E-state index in [0.29, 0.717) is 11.9 Å². The van der Waals surface area contributed by atoms with Crippen LogP contribution in [-0.2, 0) is 0 Å². The van der Waals surface area contributed by atoms with E-state index in [1.807, 2.05) is 0 Å². The van der Waals surface area contributed by atoms with Gasteiger partial charge < -0.3 is 5.32 Å². The smallest absolute Gasteiger partial charge is 0.0400 e. The summed E-state index contributed by atoms with van der Waals surface area (Å²) in [6.45, 7) is 8.43. The van der Waals surface area contributed by atoms with Gasteiger partial charge in [0.25, 0.3) is 0 Å². The number of rotatable bonds is 3. The van der Waals surface area contributed by atoms with Gasteiger partial charge in [0.2, 0.25) is 0 Å². The van der Waals surface area contributed by atoms with Crippen LogP contribution in [0.15, 0.2) is 0 Å². The highest BCUT2D eigenvalue weighted by Gasteiger charge is 2.15. The van der Waals surface area contributed by atoms with Crippen LogP contribution in [0, 0.1) is 0 Å². The molecule has 1 N–H and O–H groups in total. The second-order valence-electron chi connectivity index (χ2n) is 3.32. The molecule has 0 rings (SSSR count). The maximum absolute atomic E-state index is 5.67. The van der Waals surface area contributed by atoms with E-state index in [-0.39, 0.29) is 5.54 Å². The molecule has 0 aliphatic heterocycles. The van der Waals surface area contributed by atoms with Gasteiger partial charge >= 0.3 is 0 Å². The third-order valence-corrected chi connectivity index (χ3v) is 1.68. The van der Waals surface area contributed by atoms with E-state index >= 15 is 0 Å². The predicted octanol–water partition coefficient (Wildman–Crippen LogP) is 2.00. The minimum absolute atomic E-state index is 0.0791. The molecule has 0 aromatic carbocycles. The van der Waals surface area contributed by atoms with Crippen LogP contribution in [0.5, 0.6) is 0 Å². The minimum atomic E-state index is 0.0791. The monoisotopic (exact) mass is 149 g/mol. The van der Waals surface area contributed by atoms with Crippen LogP contribution < -0.4 is 5.32 Å². The first-order chi connectivity index (χ1) is 3.98. The third kappa shape index (κ3) is 4.73. The molecule has 0 unspecified atom stereocenters. The fraction of sp³-hybridized carbons (Fsp3) is 1.00. The van der Waals surface area contributed by atoms with E-state index in [0.717, 1.165) is 0 Å². The van der Waals surface area contributed by atoms with Gasteiger partial charge in [-0.3, -0.25) is 0 Å². The van der Waals surface area contributed by atoms with E-state index in [2.05, 4.69) is 33.0 Å². The van der Waals surface area contributed by atoms with Crippen molar-refractivity contribution in [1.82, 2.24) is 5.32 Å². The normalized spacial score (nSPS) is 12.7. The maximum atomic E-state index is 5.67. The summed E-state index contributed by atoms with van der Waals surface area (Å²) < 4.78 is 0. The molecule has 0 aromatic heterocycles. The highest BCUT2D eigenvalue weighted by molar-refractivity contribution is 6.18. The highest BCUT2D eigenvalue weighted by atomic mass is 35.5. The SMILES string of the molecule is CC(C)NC(C)(C)CCl. The van der Waals surface area contributed by atoms with Crippen LogP contribution in [0.4, 0.5) is 0 Å². The maximum Gasteiger partial charge on any atom is 0.0400 e. The number of halogens is 1. The summed E-state index contributed by atoms with van der Waals surface area (Å²) in [6.07, 6.45) is 0. The third-order valence-electron chi connectivity index (χ3n) is 1.01. The van der Waals surface area contributed by atoms with Gasteiger partial charge in [-0.15, -0.1) is 11.6 Å². The Labute approximate surface area is 62.8 Å². The van der Waals surface area contributed by atoms with Crippen molar-refractivity contribution in [2.75, 3.05) is 5.88 Å². The Morgan fingerprint density at radius 1 is 1.44 bits per heavy atom. The average Bonchev–Trinajstić information content (AvgIpc) is 1.63. The van der Waals surface area contributed by atoms with E-state index in [4.69, 9.17) is 11.6 Å². The summed E-state index contributed by atoms with van der Waals surface area (Å²) in [5.41, 5.74) is 0.0791. The van der Waals surface area contributed by atoms with Crippen molar-refractivity contribution in [1.29, 1.82) is 0 Å². The van der Waals surface area contributed by atoms with Crippen molar-refractivity contribution in [2.45, 2.75) is 39.3 Å². The molecule has 1 nitrogen and oxygen atoms in total. The molecule has 56 valence electrons. The molecular formula is C7H16ClN. The van der Waals surface area contributed by atoms with Crippen molar-refractivity contribution in [2.24, 2.45) is 0 Å². The lowest BCUT2D eigenvalue weighted by atomic mass is 10.1. The molecule has 0 fully saturated rings. The summed E-state index contributed by atoms with van der Waals surface area (Å²) in [6, 6.07) is 0.513. The molecule has 0 amide bonds. The molecule has 0 spiro atoms. The minimum Gasteiger partial charge on any atom is -0.308 e. The molecule has 9 heavy (non-hydrogen) atoms. The standard InChI is InChI=1S/C7H16ClN/c1-6(2)9-7(3,4)5-8/h6,9H,5H2,1-4H3. The molecule has 0 heterocycles. The summed E-state index contributed by atoms with van der Waals surface area (Å²) in [5, 5.41) is 3.34. The van der Waals surface area contributed by atoms with Gasteiger partial charge in [-0.2, -0.15) is 0 Å². The highest BCUT2D eigenvalue weighted by Crippen LogP contribution is 2.04. The van der Waals surface area contributed by atoms with Crippen LogP contribution in [0.2, 0.25) is 0 Å². The molecular weight excluding hydrogens is 134 g/mol. The first kappa shape index (κ1) is 9.25. The average molecular weight is 150 g/mol. The Kier molecular flexibility index (Phi) is 3.52. The van der Waals surface area contributed by atoms with Gasteiger partial charge in [-0.1, -0.05) is 13.8 Å². The van der Waals surface area contributed by atoms with Gasteiger partial charge in [-0.05, 0) is 13.8 Å². The summed E-state index contributed by atoms with van der Waals surface area (Å²) in [4.78, 5) is 0. The molecule has 0 bridgehead atoms. The fourth-order valence-corrected chi connectivity index (χ4v) is 0.897. The first-order valence-electron chi connectivity index (χ1n) is 3.31. The molecule has 0 atom stereocenters. The van der Waals surface area contributed by atoms with Crippen molar-refractivity contribution >= 4 is 11.6 Å². The Hall–Kier alpha value is 0.250. The quantitative estimate of drug-likeness (QED) is 0.606. The number of alkyl halides is 1. The molecule has 0 aliphatic carbocycles. The van der Waals surface area contributed by atoms with Crippen molar-refractivity contribution in [3.05, 3.63) is 0 Å². The van der Waals surface area contributed by atoms with E-state index in [9.17, 15) is 0 Å². The molecule has 0 aliphatic rings. The Balaban J connectivity index is 3.58. The van der Waals surface area contributed by atoms with Crippen molar-refractivity contribution in [3.8, 4) is 0 Å². The Morgan fingerprint density at radius 2 is 1.89 bits per heavy atom. The van der Waals surface area contributed by atoms with Crippen LogP contribution in [0.1, 0.15) is 27.7 Å². The van der Waals surface area contributed by atoms with Gasteiger partial charge in [0.1, 0.15) is 0 Å². The lowest BCUT2D eigenvalue weighted by Gasteiger charge is -2.25. The summed E-state index contributed by atoms with van der Waals surface area (Å²) in [7, 11) is 0. The zero-order valence-corrected chi connectivity index (χ0v) is 7.42. The molecule has 0 saturated heterocycles. The van der Waals surface area contributed by atoms with Gasteiger partial charge in [0.05, 0.1) is 0 Å². The first-order valence-corrected chi connectivity index (χ1v) is 3.85. The zero-order valence-electron chi connectivity index (χ0n) is 6.66. The number of hydrogen-bond acceptors (Lipinski definition) is 1. The van der Waals surface area contributed by atoms with Crippen LogP contribution in [-0.4, -0.2) is 17.5 Å². The van der Waals surface area contributed by atoms with Crippen molar-refractivity contribution in [3.63, 3.8) is 0 Å². The molecule has 0 saturated carbocycles. The lowest BCUT2D eigenvalue weighted by molar-refractivity contribution is 0.391. The zero-order chi connectivity index (χ0) is 7.49. The summed E-state index contributed by atoms with van der Waals surface area (Å²) in [5.74, 6) is 0.658. The topological polar surface area (TPSA) is 12.0 Å². The number of hydrogen-bond donors (Lipinski definition) is 1. The molecule has 0 aromatic rings. The fourth-order valence-electron chi connectivity index (χ4n) is 0.820. The van der Waals surface area contributed by atoms with Gasteiger partial charge in [0, 0.05) is 17.5 Å². The molecule has 0 radical (unpaired) electrons. The van der Waals surface area contributed by atoms with Crippen molar-refractivity contribution < 1.29 is 0 Å². The van der Waals surface area contributed by atoms with E-state index in [1.54, 1.807) is 0 Å². The van der Waals surface area contributed by atoms with E-state index in [1.165, 1.54) is 0 Å². The van der Waals surface area contributed by atoms with Gasteiger partial charge in [-0.25, -0.2) is 0 Å². The second kappa shape index (κ2) is 3.43. The predicted molar refractivity (Wildman–Crippen MR) is 43.1 cm³/mol. The van der Waals surface area contributed by atoms with Crippen LogP contribution in [0.3, 0.4) is 0 Å². The summed E-state index contributed by atoms with van der Waals surface area (Å²) >= 11 is 5.67. The van der Waals surface area contributed by atoms with Gasteiger partial charge in [0.15, 0.2) is 0 Å². The van der Waals surface area contributed by atoms with E-state index < -0.39 is 0 Å². The van der Waals surface area contributed by atoms with Crippen LogP contribution in [0.25, 0.3) is 0 Å². The second-order valence-corrected chi connectivity index (χ2v) is 3.58. The Morgan fingerprint density at radius 3 is 2.00 bits per heavy atom. The lowest BCUT2D eigenvalue weighted by Crippen LogP contribution is -2.44. The largest absolute Gasteiger partial charge is 0.308 e. The Bertz CT molecular complexity index is 79.0. The number of nitrogens with one attached hydrogen (secondary N) is 1. The van der Waals surface area contributed by atoms with Crippen LogP contribution >= 0.6 is 11.6 Å². The molecule has 2 heteroatoms.